The van der Waals surface area contributed by atoms with Crippen molar-refractivity contribution in [3.05, 3.63) is 0 Å². The summed E-state index contributed by atoms with van der Waals surface area (Å²) in [5.74, 6) is -1.51. The Morgan fingerprint density at radius 3 is 2.20 bits per heavy atom. The zero-order valence-electron chi connectivity index (χ0n) is 14.5. The van der Waals surface area contributed by atoms with Gasteiger partial charge in [-0.05, 0) is 38.5 Å². The van der Waals surface area contributed by atoms with Crippen LogP contribution in [0.5, 0.6) is 0 Å². The Hall–Kier alpha value is -1.66. The number of halogens is 1. The predicted molar refractivity (Wildman–Crippen MR) is 88.5 cm³/mol. The van der Waals surface area contributed by atoms with E-state index in [1.807, 2.05) is 0 Å². The van der Waals surface area contributed by atoms with Crippen LogP contribution in [0, 0.1) is 11.8 Å². The Kier molecular flexibility index (Phi) is 5.29. The molecular weight excluding hydrogens is 327 g/mol. The summed E-state index contributed by atoms with van der Waals surface area (Å²) in [6.45, 7) is -0.181. The number of nitrogens with one attached hydrogen (secondary N) is 1. The van der Waals surface area contributed by atoms with E-state index < -0.39 is 11.6 Å². The average Bonchev–Trinajstić information content (AvgIpc) is 3.25. The standard InChI is InChI=1S/C18H27FN2O4/c19-18(17(24)25)9-10-21(11-18)16(23)13-5-7-14(8-6-13)20-15(22)12-3-1-2-4-12/h12-14H,1-11H2,(H,20,22)(H,24,25). The van der Waals surface area contributed by atoms with Gasteiger partial charge < -0.3 is 15.3 Å². The third-order valence-corrected chi connectivity index (χ3v) is 6.06. The first-order valence-electron chi connectivity index (χ1n) is 9.40. The van der Waals surface area contributed by atoms with E-state index in [1.54, 1.807) is 0 Å². The molecule has 3 rings (SSSR count). The number of hydrogen-bond acceptors (Lipinski definition) is 3. The number of aliphatic carboxylic acids is 1. The largest absolute Gasteiger partial charge is 0.479 e. The summed E-state index contributed by atoms with van der Waals surface area (Å²) in [5.41, 5.74) is -2.30. The third-order valence-electron chi connectivity index (χ3n) is 6.06. The van der Waals surface area contributed by atoms with Gasteiger partial charge in [-0.25, -0.2) is 9.18 Å². The maximum atomic E-state index is 14.1. The number of likely N-dealkylation sites (tertiary alicyclic amines) is 1. The van der Waals surface area contributed by atoms with E-state index >= 15 is 0 Å². The molecule has 0 bridgehead atoms. The van der Waals surface area contributed by atoms with Crippen LogP contribution in [-0.2, 0) is 14.4 Å². The fourth-order valence-electron chi connectivity index (χ4n) is 4.39. The molecule has 2 N–H and O–H groups in total. The van der Waals surface area contributed by atoms with E-state index in [0.29, 0.717) is 12.8 Å². The topological polar surface area (TPSA) is 86.7 Å². The van der Waals surface area contributed by atoms with Crippen LogP contribution < -0.4 is 5.32 Å². The molecule has 0 aromatic carbocycles. The van der Waals surface area contributed by atoms with E-state index in [0.717, 1.165) is 38.5 Å². The van der Waals surface area contributed by atoms with E-state index in [-0.39, 0.29) is 49.2 Å². The number of amides is 2. The maximum Gasteiger partial charge on any atom is 0.343 e. The monoisotopic (exact) mass is 354 g/mol. The van der Waals surface area contributed by atoms with Crippen LogP contribution in [0.25, 0.3) is 0 Å². The second-order valence-corrected chi connectivity index (χ2v) is 7.82. The SMILES string of the molecule is O=C(NC1CCC(C(=O)N2CCC(F)(C(=O)O)C2)CC1)C1CCCC1. The first-order chi connectivity index (χ1) is 11.9. The van der Waals surface area contributed by atoms with Gasteiger partial charge in [0.25, 0.3) is 0 Å². The summed E-state index contributed by atoms with van der Waals surface area (Å²) in [6.07, 6.45) is 6.90. The van der Waals surface area contributed by atoms with Gasteiger partial charge in [0.2, 0.25) is 17.5 Å². The van der Waals surface area contributed by atoms with E-state index in [1.165, 1.54) is 4.90 Å². The smallest absolute Gasteiger partial charge is 0.343 e. The lowest BCUT2D eigenvalue weighted by Crippen LogP contribution is -2.44. The van der Waals surface area contributed by atoms with Crippen molar-refractivity contribution >= 4 is 17.8 Å². The van der Waals surface area contributed by atoms with Crippen molar-refractivity contribution in [2.75, 3.05) is 13.1 Å². The molecule has 2 aliphatic carbocycles. The normalized spacial score (nSPS) is 33.4. The molecule has 7 heteroatoms. The Bertz CT molecular complexity index is 541. The van der Waals surface area contributed by atoms with Gasteiger partial charge in [0, 0.05) is 30.8 Å². The van der Waals surface area contributed by atoms with Crippen molar-refractivity contribution in [2.45, 2.75) is 69.5 Å². The van der Waals surface area contributed by atoms with Crippen LogP contribution in [-0.4, -0.2) is 52.6 Å². The molecule has 1 saturated heterocycles. The lowest BCUT2D eigenvalue weighted by Gasteiger charge is -2.31. The van der Waals surface area contributed by atoms with Crippen molar-refractivity contribution < 1.29 is 23.9 Å². The minimum atomic E-state index is -2.30. The summed E-state index contributed by atoms with van der Waals surface area (Å²) >= 11 is 0. The highest BCUT2D eigenvalue weighted by Crippen LogP contribution is 2.32. The highest BCUT2D eigenvalue weighted by molar-refractivity contribution is 5.83. The molecule has 1 atom stereocenters. The lowest BCUT2D eigenvalue weighted by atomic mass is 9.85. The van der Waals surface area contributed by atoms with E-state index in [9.17, 15) is 18.8 Å². The Morgan fingerprint density at radius 1 is 1.00 bits per heavy atom. The summed E-state index contributed by atoms with van der Waals surface area (Å²) in [5, 5.41) is 12.1. The number of carbonyl (C=O) groups excluding carboxylic acids is 2. The van der Waals surface area contributed by atoms with Gasteiger partial charge >= 0.3 is 5.97 Å². The average molecular weight is 354 g/mol. The number of carboxylic acid groups (broad SMARTS) is 1. The Balaban J connectivity index is 1.45. The summed E-state index contributed by atoms with van der Waals surface area (Å²) in [4.78, 5) is 37.0. The van der Waals surface area contributed by atoms with Crippen molar-refractivity contribution in [3.63, 3.8) is 0 Å². The van der Waals surface area contributed by atoms with Crippen LogP contribution in [0.2, 0.25) is 0 Å². The Labute approximate surface area is 147 Å². The number of rotatable bonds is 4. The van der Waals surface area contributed by atoms with Crippen LogP contribution in [0.1, 0.15) is 57.8 Å². The number of alkyl halides is 1. The molecule has 140 valence electrons. The van der Waals surface area contributed by atoms with Gasteiger partial charge in [-0.15, -0.1) is 0 Å². The summed E-state index contributed by atoms with van der Waals surface area (Å²) in [6, 6.07) is 0.120. The van der Waals surface area contributed by atoms with Crippen LogP contribution >= 0.6 is 0 Å². The molecule has 2 amide bonds. The van der Waals surface area contributed by atoms with Crippen LogP contribution in [0.4, 0.5) is 4.39 Å². The van der Waals surface area contributed by atoms with Gasteiger partial charge in [0.05, 0.1) is 6.54 Å². The fourth-order valence-corrected chi connectivity index (χ4v) is 4.39. The van der Waals surface area contributed by atoms with E-state index in [4.69, 9.17) is 5.11 Å². The lowest BCUT2D eigenvalue weighted by molar-refractivity contribution is -0.150. The molecule has 0 aromatic heterocycles. The molecular formula is C18H27FN2O4. The Morgan fingerprint density at radius 2 is 1.64 bits per heavy atom. The summed E-state index contributed by atoms with van der Waals surface area (Å²) in [7, 11) is 0. The zero-order chi connectivity index (χ0) is 18.0. The minimum absolute atomic E-state index is 0.120. The van der Waals surface area contributed by atoms with Crippen molar-refractivity contribution in [2.24, 2.45) is 11.8 Å². The first-order valence-corrected chi connectivity index (χ1v) is 9.40. The second kappa shape index (κ2) is 7.30. The molecule has 0 aromatic rings. The molecule has 0 spiro atoms. The summed E-state index contributed by atoms with van der Waals surface area (Å²) < 4.78 is 14.1. The molecule has 6 nitrogen and oxygen atoms in total. The van der Waals surface area contributed by atoms with Gasteiger partial charge in [-0.2, -0.15) is 0 Å². The molecule has 3 fully saturated rings. The van der Waals surface area contributed by atoms with Crippen molar-refractivity contribution in [3.8, 4) is 0 Å². The third kappa shape index (κ3) is 3.96. The minimum Gasteiger partial charge on any atom is -0.479 e. The van der Waals surface area contributed by atoms with Gasteiger partial charge in [-0.3, -0.25) is 9.59 Å². The number of hydrogen-bond donors (Lipinski definition) is 2. The van der Waals surface area contributed by atoms with Gasteiger partial charge in [-0.1, -0.05) is 12.8 Å². The molecule has 0 radical (unpaired) electrons. The maximum absolute atomic E-state index is 14.1. The molecule has 1 unspecified atom stereocenters. The van der Waals surface area contributed by atoms with Crippen LogP contribution in [0.3, 0.4) is 0 Å². The van der Waals surface area contributed by atoms with Crippen molar-refractivity contribution in [1.29, 1.82) is 0 Å². The van der Waals surface area contributed by atoms with E-state index in [2.05, 4.69) is 5.32 Å². The quantitative estimate of drug-likeness (QED) is 0.807. The number of carbonyl (C=O) groups is 3. The van der Waals surface area contributed by atoms with Gasteiger partial charge in [0.15, 0.2) is 0 Å². The number of nitrogens with zero attached hydrogens (tertiary/aromatic N) is 1. The molecule has 3 aliphatic rings. The van der Waals surface area contributed by atoms with Crippen molar-refractivity contribution in [1.82, 2.24) is 10.2 Å². The fraction of sp³-hybridized carbons (Fsp3) is 0.833. The molecule has 25 heavy (non-hydrogen) atoms. The molecule has 2 saturated carbocycles. The first kappa shape index (κ1) is 18.1. The number of carboxylic acids is 1. The highest BCUT2D eigenvalue weighted by atomic mass is 19.1. The second-order valence-electron chi connectivity index (χ2n) is 7.82. The zero-order valence-corrected chi connectivity index (χ0v) is 14.5. The molecule has 1 aliphatic heterocycles. The highest BCUT2D eigenvalue weighted by Gasteiger charge is 2.47. The predicted octanol–water partition coefficient (Wildman–Crippen LogP) is 1.88. The van der Waals surface area contributed by atoms with Gasteiger partial charge in [0.1, 0.15) is 0 Å². The molecule has 1 heterocycles. The van der Waals surface area contributed by atoms with Crippen LogP contribution in [0.15, 0.2) is 0 Å².